The molecule has 8 heteroatoms. The van der Waals surface area contributed by atoms with Gasteiger partial charge in [-0.25, -0.2) is 0 Å². The van der Waals surface area contributed by atoms with Crippen LogP contribution in [0.15, 0.2) is 65.7 Å². The Bertz CT molecular complexity index is 1330. The van der Waals surface area contributed by atoms with Gasteiger partial charge < -0.3 is 28.4 Å². The van der Waals surface area contributed by atoms with Gasteiger partial charge in [-0.1, -0.05) is 30.3 Å². The first-order chi connectivity index (χ1) is 19.4. The first kappa shape index (κ1) is 28.6. The number of likely N-dealkylation sites (tertiary alicyclic amines) is 1. The monoisotopic (exact) mass is 545 g/mol. The van der Waals surface area contributed by atoms with E-state index < -0.39 is 0 Å². The minimum absolute atomic E-state index is 0.0574. The highest BCUT2D eigenvalue weighted by atomic mass is 16.5. The standard InChI is InChI=1S/C32H35NO7/c1-35-26-16-30(39-5)28(37-3)14-22(26)12-24-19-33(18-21-10-8-7-9-11-21)20-25(32(24)34)13-23-15-29(38-4)31(40-6)17-27(23)36-2/h7-17H,18-20H2,1-6H3/b24-12+,25-13+. The molecule has 0 aromatic heterocycles. The Hall–Kier alpha value is -4.43. The largest absolute Gasteiger partial charge is 0.496 e. The molecule has 0 aliphatic carbocycles. The van der Waals surface area contributed by atoms with Crippen LogP contribution in [0.5, 0.6) is 34.5 Å². The van der Waals surface area contributed by atoms with E-state index in [0.717, 1.165) is 5.56 Å². The number of rotatable bonds is 10. The Kier molecular flexibility index (Phi) is 9.35. The van der Waals surface area contributed by atoms with Crippen LogP contribution in [0, 0.1) is 0 Å². The molecule has 0 saturated carbocycles. The topological polar surface area (TPSA) is 75.7 Å². The second-order valence-corrected chi connectivity index (χ2v) is 9.20. The smallest absolute Gasteiger partial charge is 0.187 e. The van der Waals surface area contributed by atoms with Crippen LogP contribution in [0.25, 0.3) is 12.2 Å². The number of piperidine rings is 1. The molecule has 0 spiro atoms. The highest BCUT2D eigenvalue weighted by Crippen LogP contribution is 2.38. The first-order valence-electron chi connectivity index (χ1n) is 12.8. The average molecular weight is 546 g/mol. The summed E-state index contributed by atoms with van der Waals surface area (Å²) >= 11 is 0. The summed E-state index contributed by atoms with van der Waals surface area (Å²) in [4.78, 5) is 16.2. The molecular formula is C32H35NO7. The van der Waals surface area contributed by atoms with Crippen molar-refractivity contribution < 1.29 is 33.2 Å². The normalized spacial score (nSPS) is 15.7. The highest BCUT2D eigenvalue weighted by Gasteiger charge is 2.27. The molecule has 210 valence electrons. The number of ether oxygens (including phenoxy) is 6. The Balaban J connectivity index is 1.81. The van der Waals surface area contributed by atoms with E-state index in [1.54, 1.807) is 54.8 Å². The lowest BCUT2D eigenvalue weighted by Gasteiger charge is -2.30. The van der Waals surface area contributed by atoms with Crippen LogP contribution < -0.4 is 28.4 Å². The summed E-state index contributed by atoms with van der Waals surface area (Å²) in [6.07, 6.45) is 3.72. The molecule has 1 saturated heterocycles. The fourth-order valence-corrected chi connectivity index (χ4v) is 4.77. The summed E-state index contributed by atoms with van der Waals surface area (Å²) in [6, 6.07) is 17.3. The van der Waals surface area contributed by atoms with E-state index in [1.807, 2.05) is 42.5 Å². The molecule has 0 N–H and O–H groups in total. The Morgan fingerprint density at radius 3 is 1.40 bits per heavy atom. The summed E-state index contributed by atoms with van der Waals surface area (Å²) in [5, 5.41) is 0. The predicted octanol–water partition coefficient (Wildman–Crippen LogP) is 5.29. The molecule has 0 bridgehead atoms. The van der Waals surface area contributed by atoms with Gasteiger partial charge in [0.2, 0.25) is 0 Å². The van der Waals surface area contributed by atoms with Crippen LogP contribution in [0.1, 0.15) is 16.7 Å². The number of carbonyl (C=O) groups is 1. The van der Waals surface area contributed by atoms with E-state index in [1.165, 1.54) is 0 Å². The van der Waals surface area contributed by atoms with Crippen LogP contribution in [0.3, 0.4) is 0 Å². The van der Waals surface area contributed by atoms with Gasteiger partial charge in [-0.05, 0) is 29.8 Å². The van der Waals surface area contributed by atoms with Gasteiger partial charge >= 0.3 is 0 Å². The SMILES string of the molecule is COc1cc(OC)c(OC)cc1/C=C1\CN(Cc2ccccc2)C/C(=C\c2cc(OC)c(OC)cc2OC)C1=O. The summed E-state index contributed by atoms with van der Waals surface area (Å²) in [5.74, 6) is 3.27. The maximum Gasteiger partial charge on any atom is 0.187 e. The number of Topliss-reactive ketones (excluding diaryl/α,β-unsaturated/α-hetero) is 1. The third-order valence-corrected chi connectivity index (χ3v) is 6.75. The second kappa shape index (κ2) is 13.1. The zero-order valence-corrected chi connectivity index (χ0v) is 23.8. The molecule has 0 unspecified atom stereocenters. The van der Waals surface area contributed by atoms with E-state index in [4.69, 9.17) is 28.4 Å². The van der Waals surface area contributed by atoms with Gasteiger partial charge in [0.05, 0.1) is 42.7 Å². The van der Waals surface area contributed by atoms with Gasteiger partial charge in [0.15, 0.2) is 28.8 Å². The number of nitrogens with zero attached hydrogens (tertiary/aromatic N) is 1. The minimum atomic E-state index is -0.0574. The fraction of sp³-hybridized carbons (Fsp3) is 0.281. The molecule has 8 nitrogen and oxygen atoms in total. The molecule has 3 aromatic carbocycles. The van der Waals surface area contributed by atoms with Gasteiger partial charge in [0.1, 0.15) is 11.5 Å². The number of carbonyl (C=O) groups excluding carboxylic acids is 1. The maximum absolute atomic E-state index is 13.9. The number of hydrogen-bond acceptors (Lipinski definition) is 8. The number of methoxy groups -OCH3 is 6. The van der Waals surface area contributed by atoms with Crippen LogP contribution in [0.2, 0.25) is 0 Å². The van der Waals surface area contributed by atoms with Crippen molar-refractivity contribution in [2.75, 3.05) is 55.7 Å². The lowest BCUT2D eigenvalue weighted by molar-refractivity contribution is -0.113. The second-order valence-electron chi connectivity index (χ2n) is 9.20. The average Bonchev–Trinajstić information content (AvgIpc) is 2.99. The van der Waals surface area contributed by atoms with Crippen LogP contribution in [-0.2, 0) is 11.3 Å². The Labute approximate surface area is 235 Å². The molecule has 1 aliphatic heterocycles. The van der Waals surface area contributed by atoms with E-state index >= 15 is 0 Å². The van der Waals surface area contributed by atoms with E-state index in [0.29, 0.717) is 76.4 Å². The van der Waals surface area contributed by atoms with Crippen LogP contribution in [-0.4, -0.2) is 66.4 Å². The van der Waals surface area contributed by atoms with E-state index in [9.17, 15) is 4.79 Å². The zero-order chi connectivity index (χ0) is 28.6. The molecule has 1 heterocycles. The number of hydrogen-bond donors (Lipinski definition) is 0. The van der Waals surface area contributed by atoms with Gasteiger partial charge in [0, 0.05) is 54.0 Å². The maximum atomic E-state index is 13.9. The number of ketones is 1. The van der Waals surface area contributed by atoms with Crippen LogP contribution >= 0.6 is 0 Å². The van der Waals surface area contributed by atoms with Crippen molar-refractivity contribution in [2.24, 2.45) is 0 Å². The lowest BCUT2D eigenvalue weighted by Crippen LogP contribution is -2.37. The van der Waals surface area contributed by atoms with Crippen molar-refractivity contribution in [1.82, 2.24) is 4.90 Å². The zero-order valence-electron chi connectivity index (χ0n) is 23.8. The van der Waals surface area contributed by atoms with Crippen molar-refractivity contribution >= 4 is 17.9 Å². The van der Waals surface area contributed by atoms with Crippen molar-refractivity contribution in [2.45, 2.75) is 6.54 Å². The van der Waals surface area contributed by atoms with Crippen LogP contribution in [0.4, 0.5) is 0 Å². The summed E-state index contributed by atoms with van der Waals surface area (Å²) in [5.41, 5.74) is 3.83. The minimum Gasteiger partial charge on any atom is -0.496 e. The Morgan fingerprint density at radius 1 is 0.600 bits per heavy atom. The molecule has 3 aromatic rings. The molecule has 40 heavy (non-hydrogen) atoms. The highest BCUT2D eigenvalue weighted by molar-refractivity contribution is 6.15. The first-order valence-corrected chi connectivity index (χ1v) is 12.8. The van der Waals surface area contributed by atoms with Gasteiger partial charge in [-0.2, -0.15) is 0 Å². The van der Waals surface area contributed by atoms with Crippen molar-refractivity contribution in [3.05, 3.63) is 82.4 Å². The van der Waals surface area contributed by atoms with Gasteiger partial charge in [0.25, 0.3) is 0 Å². The molecule has 0 atom stereocenters. The third-order valence-electron chi connectivity index (χ3n) is 6.75. The van der Waals surface area contributed by atoms with Gasteiger partial charge in [-0.15, -0.1) is 0 Å². The molecule has 4 rings (SSSR count). The molecule has 1 fully saturated rings. The molecule has 1 aliphatic rings. The fourth-order valence-electron chi connectivity index (χ4n) is 4.77. The van der Waals surface area contributed by atoms with E-state index in [-0.39, 0.29) is 5.78 Å². The molecule has 0 amide bonds. The Morgan fingerprint density at radius 2 is 1.00 bits per heavy atom. The summed E-state index contributed by atoms with van der Waals surface area (Å²) in [7, 11) is 9.46. The quantitative estimate of drug-likeness (QED) is 0.318. The summed E-state index contributed by atoms with van der Waals surface area (Å²) in [6.45, 7) is 1.60. The predicted molar refractivity (Wildman–Crippen MR) is 155 cm³/mol. The molecule has 0 radical (unpaired) electrons. The van der Waals surface area contributed by atoms with Gasteiger partial charge in [-0.3, -0.25) is 9.69 Å². The number of benzene rings is 3. The molecular weight excluding hydrogens is 510 g/mol. The van der Waals surface area contributed by atoms with Crippen molar-refractivity contribution in [1.29, 1.82) is 0 Å². The lowest BCUT2D eigenvalue weighted by atomic mass is 9.93. The van der Waals surface area contributed by atoms with E-state index in [2.05, 4.69) is 17.0 Å². The third kappa shape index (κ3) is 6.24. The summed E-state index contributed by atoms with van der Waals surface area (Å²) < 4.78 is 33.1. The van der Waals surface area contributed by atoms with Crippen molar-refractivity contribution in [3.8, 4) is 34.5 Å². The van der Waals surface area contributed by atoms with Crippen molar-refractivity contribution in [3.63, 3.8) is 0 Å².